The zero-order chi connectivity index (χ0) is 25.9. The summed E-state index contributed by atoms with van der Waals surface area (Å²) in [4.78, 5) is 7.57. The Morgan fingerprint density at radius 2 is 2.00 bits per heavy atom. The Bertz CT molecular complexity index is 1400. The quantitative estimate of drug-likeness (QED) is 0.201. The van der Waals surface area contributed by atoms with Gasteiger partial charge in [0.2, 0.25) is 0 Å². The molecule has 2 atom stereocenters. The fraction of sp³-hybridized carbons (Fsp3) is 0.400. The molecule has 1 aliphatic carbocycles. The fourth-order valence-electron chi connectivity index (χ4n) is 5.47. The van der Waals surface area contributed by atoms with Crippen molar-refractivity contribution in [2.75, 3.05) is 20.8 Å². The van der Waals surface area contributed by atoms with Gasteiger partial charge in [-0.05, 0) is 62.1 Å². The van der Waals surface area contributed by atoms with Crippen LogP contribution in [0.2, 0.25) is 0 Å². The Kier molecular flexibility index (Phi) is 7.22. The second-order valence-electron chi connectivity index (χ2n) is 10.1. The average Bonchev–Trinajstić information content (AvgIpc) is 3.54. The molecule has 2 aromatic carbocycles. The first-order valence-electron chi connectivity index (χ1n) is 12.9. The second-order valence-corrected chi connectivity index (χ2v) is 10.1. The van der Waals surface area contributed by atoms with Gasteiger partial charge in [-0.25, -0.2) is 4.98 Å². The molecule has 37 heavy (non-hydrogen) atoms. The van der Waals surface area contributed by atoms with Crippen molar-refractivity contribution in [3.63, 3.8) is 0 Å². The van der Waals surface area contributed by atoms with Crippen LogP contribution >= 0.6 is 0 Å². The molecule has 2 heterocycles. The molecule has 1 aliphatic rings. The lowest BCUT2D eigenvalue weighted by Crippen LogP contribution is -2.20. The lowest BCUT2D eigenvalue weighted by molar-refractivity contribution is 0.198. The summed E-state index contributed by atoms with van der Waals surface area (Å²) >= 11 is 0. The van der Waals surface area contributed by atoms with Crippen LogP contribution in [-0.4, -0.2) is 36.7 Å². The molecule has 0 spiro atoms. The third-order valence-electron chi connectivity index (χ3n) is 7.40. The number of fused-ring (bicyclic) bond motifs is 1. The van der Waals surface area contributed by atoms with Crippen LogP contribution in [0.3, 0.4) is 0 Å². The molecule has 0 radical (unpaired) electrons. The summed E-state index contributed by atoms with van der Waals surface area (Å²) < 4.78 is 23.1. The number of aryl methyl sites for hydroxylation is 2. The highest BCUT2D eigenvalue weighted by atomic mass is 16.5. The van der Waals surface area contributed by atoms with E-state index in [-0.39, 0.29) is 5.90 Å². The van der Waals surface area contributed by atoms with E-state index in [4.69, 9.17) is 24.0 Å². The summed E-state index contributed by atoms with van der Waals surface area (Å²) in [5.74, 6) is 3.99. The lowest BCUT2D eigenvalue weighted by Gasteiger charge is -2.30. The van der Waals surface area contributed by atoms with Crippen LogP contribution in [0.25, 0.3) is 22.4 Å². The van der Waals surface area contributed by atoms with E-state index in [1.54, 1.807) is 13.3 Å². The smallest absolute Gasteiger partial charge is 0.187 e. The van der Waals surface area contributed by atoms with E-state index in [9.17, 15) is 0 Å². The van der Waals surface area contributed by atoms with E-state index < -0.39 is 0 Å². The molecule has 0 saturated heterocycles. The maximum Gasteiger partial charge on any atom is 0.187 e. The number of hydrogen-bond acceptors (Lipinski definition) is 6. The van der Waals surface area contributed by atoms with Gasteiger partial charge in [0, 0.05) is 12.1 Å². The summed E-state index contributed by atoms with van der Waals surface area (Å²) in [6.07, 6.45) is 6.79. The zero-order valence-corrected chi connectivity index (χ0v) is 22.0. The molecular weight excluding hydrogens is 466 g/mol. The third-order valence-corrected chi connectivity index (χ3v) is 7.40. The number of aromatic amines is 1. The number of methoxy groups -OCH3 is 2. The van der Waals surface area contributed by atoms with Gasteiger partial charge in [-0.3, -0.25) is 5.41 Å². The van der Waals surface area contributed by atoms with Crippen LogP contribution in [0.1, 0.15) is 54.1 Å². The first-order chi connectivity index (χ1) is 17.9. The molecule has 0 aliphatic heterocycles. The molecular formula is C30H35N3O4. The Morgan fingerprint density at radius 1 is 1.14 bits per heavy atom. The Balaban J connectivity index is 1.34. The molecule has 1 saturated carbocycles. The topological polar surface area (TPSA) is 93.4 Å². The largest absolute Gasteiger partial charge is 0.496 e. The summed E-state index contributed by atoms with van der Waals surface area (Å²) in [6.45, 7) is 5.05. The minimum Gasteiger partial charge on any atom is -0.496 e. The molecule has 2 unspecified atom stereocenters. The monoisotopic (exact) mass is 501 g/mol. The zero-order valence-electron chi connectivity index (χ0n) is 22.0. The fourth-order valence-corrected chi connectivity index (χ4v) is 5.47. The van der Waals surface area contributed by atoms with Crippen LogP contribution in [0, 0.1) is 25.2 Å². The number of imidazole rings is 1. The number of H-pyrrole nitrogens is 1. The van der Waals surface area contributed by atoms with Gasteiger partial charge in [-0.15, -0.1) is 0 Å². The SMILES string of the molecule is COC(=N)Cc1ncc(-c2cc3c(OCC4CCCC(c5ccc(C)cc5C)C4)cc(OC)cc3o2)[nH]1. The van der Waals surface area contributed by atoms with Gasteiger partial charge < -0.3 is 23.6 Å². The highest BCUT2D eigenvalue weighted by Gasteiger charge is 2.25. The minimum atomic E-state index is 0.147. The highest BCUT2D eigenvalue weighted by molar-refractivity contribution is 5.89. The highest BCUT2D eigenvalue weighted by Crippen LogP contribution is 2.40. The summed E-state index contributed by atoms with van der Waals surface area (Å²) in [6, 6.07) is 12.6. The van der Waals surface area contributed by atoms with Crippen molar-refractivity contribution < 1.29 is 18.6 Å². The van der Waals surface area contributed by atoms with Crippen molar-refractivity contribution in [1.29, 1.82) is 5.41 Å². The number of hydrogen-bond donors (Lipinski definition) is 2. The van der Waals surface area contributed by atoms with E-state index in [0.29, 0.717) is 47.8 Å². The summed E-state index contributed by atoms with van der Waals surface area (Å²) in [7, 11) is 3.13. The van der Waals surface area contributed by atoms with Crippen LogP contribution < -0.4 is 9.47 Å². The van der Waals surface area contributed by atoms with Crippen LogP contribution in [0.15, 0.2) is 47.0 Å². The predicted molar refractivity (Wildman–Crippen MR) is 145 cm³/mol. The van der Waals surface area contributed by atoms with Crippen molar-refractivity contribution in [2.24, 2.45) is 5.92 Å². The first-order valence-corrected chi connectivity index (χ1v) is 12.9. The normalized spacial score (nSPS) is 17.6. The van der Waals surface area contributed by atoms with E-state index in [0.717, 1.165) is 23.3 Å². The number of furan rings is 1. The van der Waals surface area contributed by atoms with Crippen LogP contribution in [0.5, 0.6) is 11.5 Å². The molecule has 194 valence electrons. The molecule has 2 aromatic heterocycles. The van der Waals surface area contributed by atoms with Gasteiger partial charge in [0.15, 0.2) is 11.7 Å². The van der Waals surface area contributed by atoms with Gasteiger partial charge in [0.05, 0.1) is 38.8 Å². The third kappa shape index (κ3) is 5.50. The van der Waals surface area contributed by atoms with Crippen molar-refractivity contribution in [3.8, 4) is 23.0 Å². The van der Waals surface area contributed by atoms with Gasteiger partial charge in [0.1, 0.15) is 28.6 Å². The van der Waals surface area contributed by atoms with Gasteiger partial charge in [-0.1, -0.05) is 30.2 Å². The van der Waals surface area contributed by atoms with Crippen molar-refractivity contribution in [3.05, 3.63) is 65.1 Å². The predicted octanol–water partition coefficient (Wildman–Crippen LogP) is 6.97. The number of rotatable bonds is 8. The van der Waals surface area contributed by atoms with Crippen LogP contribution in [-0.2, 0) is 11.2 Å². The Hall–Kier alpha value is -3.74. The number of nitrogens with zero attached hydrogens (tertiary/aromatic N) is 1. The number of aromatic nitrogens is 2. The second kappa shape index (κ2) is 10.7. The van der Waals surface area contributed by atoms with E-state index >= 15 is 0 Å². The van der Waals surface area contributed by atoms with E-state index in [2.05, 4.69) is 42.0 Å². The lowest BCUT2D eigenvalue weighted by atomic mass is 9.77. The Morgan fingerprint density at radius 3 is 2.78 bits per heavy atom. The first kappa shape index (κ1) is 24.9. The number of benzene rings is 2. The molecule has 2 N–H and O–H groups in total. The molecule has 4 aromatic rings. The molecule has 0 amide bonds. The van der Waals surface area contributed by atoms with Crippen LogP contribution in [0.4, 0.5) is 0 Å². The van der Waals surface area contributed by atoms with E-state index in [1.807, 2.05) is 18.2 Å². The number of nitrogens with one attached hydrogen (secondary N) is 2. The molecule has 5 rings (SSSR count). The maximum absolute atomic E-state index is 7.72. The standard InChI is InChI=1S/C30H35N3O4/c1-18-8-9-23(19(2)10-18)21-7-5-6-20(11-21)17-36-26-12-22(34-3)13-27-24(26)14-28(37-27)25-16-32-30(33-25)15-29(31)35-4/h8-10,12-14,16,20-21,31H,5-7,11,15,17H2,1-4H3,(H,32,33). The van der Waals surface area contributed by atoms with Gasteiger partial charge in [-0.2, -0.15) is 0 Å². The molecule has 7 heteroatoms. The van der Waals surface area contributed by atoms with Crippen molar-refractivity contribution >= 4 is 16.9 Å². The maximum atomic E-state index is 7.72. The molecule has 1 fully saturated rings. The van der Waals surface area contributed by atoms with Crippen molar-refractivity contribution in [2.45, 2.75) is 51.9 Å². The molecule has 0 bridgehead atoms. The molecule has 7 nitrogen and oxygen atoms in total. The summed E-state index contributed by atoms with van der Waals surface area (Å²) in [5.41, 5.74) is 5.64. The van der Waals surface area contributed by atoms with Gasteiger partial charge in [0.25, 0.3) is 0 Å². The van der Waals surface area contributed by atoms with E-state index in [1.165, 1.54) is 43.1 Å². The van der Waals surface area contributed by atoms with Crippen molar-refractivity contribution in [1.82, 2.24) is 9.97 Å². The minimum absolute atomic E-state index is 0.147. The number of ether oxygens (including phenoxy) is 3. The average molecular weight is 502 g/mol. The Labute approximate surface area is 217 Å². The summed E-state index contributed by atoms with van der Waals surface area (Å²) in [5, 5.41) is 8.63. The van der Waals surface area contributed by atoms with Gasteiger partial charge >= 0.3 is 0 Å².